The number of aryl methyl sites for hydroxylation is 2. The van der Waals surface area contributed by atoms with Gasteiger partial charge >= 0.3 is 0 Å². The summed E-state index contributed by atoms with van der Waals surface area (Å²) < 4.78 is 6.34. The molecule has 2 N–H and O–H groups in total. The topological polar surface area (TPSA) is 70.4 Å². The molecule has 4 aromatic rings. The number of thiocarbonyl (C=S) groups is 1. The fourth-order valence-electron chi connectivity index (χ4n) is 4.61. The first-order valence-electron chi connectivity index (χ1n) is 12.2. The van der Waals surface area contributed by atoms with Crippen molar-refractivity contribution in [2.75, 3.05) is 11.9 Å². The summed E-state index contributed by atoms with van der Waals surface area (Å²) in [5.41, 5.74) is 4.48. The van der Waals surface area contributed by atoms with Crippen LogP contribution in [0.4, 0.5) is 5.69 Å². The first kappa shape index (κ1) is 26.2. The van der Waals surface area contributed by atoms with Gasteiger partial charge in [0, 0.05) is 35.4 Å². The number of furan rings is 1. The predicted octanol–water partition coefficient (Wildman–Crippen LogP) is 7.27. The third kappa shape index (κ3) is 5.55. The Morgan fingerprint density at radius 3 is 2.71 bits per heavy atom. The van der Waals surface area contributed by atoms with Crippen molar-refractivity contribution in [2.24, 2.45) is 0 Å². The number of anilines is 1. The number of amides is 1. The van der Waals surface area contributed by atoms with E-state index in [0.29, 0.717) is 33.2 Å². The highest BCUT2D eigenvalue weighted by molar-refractivity contribution is 7.80. The van der Waals surface area contributed by atoms with Crippen molar-refractivity contribution in [3.8, 4) is 11.3 Å². The van der Waals surface area contributed by atoms with Crippen LogP contribution in [0, 0.1) is 13.8 Å². The predicted molar refractivity (Wildman–Crippen MR) is 155 cm³/mol. The Kier molecular flexibility index (Phi) is 7.70. The molecule has 3 heterocycles. The molecule has 0 aliphatic carbocycles. The molecule has 1 amide bonds. The number of nitrogens with one attached hydrogen (secondary N) is 2. The van der Waals surface area contributed by atoms with E-state index in [4.69, 9.17) is 39.8 Å². The molecule has 1 aliphatic heterocycles. The van der Waals surface area contributed by atoms with Gasteiger partial charge in [-0.25, -0.2) is 0 Å². The molecule has 0 radical (unpaired) electrons. The van der Waals surface area contributed by atoms with E-state index in [1.807, 2.05) is 73.3 Å². The van der Waals surface area contributed by atoms with Crippen LogP contribution in [-0.4, -0.2) is 27.4 Å². The Bertz CT molecular complexity index is 1490. The third-order valence-electron chi connectivity index (χ3n) is 6.56. The molecule has 5 rings (SSSR count). The minimum absolute atomic E-state index is 0.0883. The highest BCUT2D eigenvalue weighted by Gasteiger charge is 2.41. The quantitative estimate of drug-likeness (QED) is 0.230. The number of benzene rings is 2. The van der Waals surface area contributed by atoms with Crippen LogP contribution in [0.25, 0.3) is 11.3 Å². The van der Waals surface area contributed by atoms with Gasteiger partial charge in [0.05, 0.1) is 16.8 Å². The molecule has 1 fully saturated rings. The number of carbonyl (C=O) groups excluding carboxylic acids is 1. The normalized spacial score (nSPS) is 16.9. The second-order valence-electron chi connectivity index (χ2n) is 9.26. The molecule has 1 aliphatic rings. The van der Waals surface area contributed by atoms with Gasteiger partial charge in [-0.15, -0.1) is 0 Å². The molecule has 6 nitrogen and oxygen atoms in total. The summed E-state index contributed by atoms with van der Waals surface area (Å²) in [6.07, 6.45) is 2.00. The second kappa shape index (κ2) is 11.2. The number of pyridine rings is 1. The first-order valence-corrected chi connectivity index (χ1v) is 13.4. The van der Waals surface area contributed by atoms with E-state index < -0.39 is 0 Å². The molecule has 2 atom stereocenters. The van der Waals surface area contributed by atoms with Crippen LogP contribution in [0.5, 0.6) is 0 Å². The average Bonchev–Trinajstić information content (AvgIpc) is 3.50. The number of nitrogens with zero attached hydrogens (tertiary/aromatic N) is 2. The largest absolute Gasteiger partial charge is 0.459 e. The Morgan fingerprint density at radius 1 is 1.11 bits per heavy atom. The second-order valence-corrected chi connectivity index (χ2v) is 10.5. The van der Waals surface area contributed by atoms with Crippen molar-refractivity contribution in [1.82, 2.24) is 15.2 Å². The van der Waals surface area contributed by atoms with Crippen molar-refractivity contribution >= 4 is 52.1 Å². The van der Waals surface area contributed by atoms with E-state index in [-0.39, 0.29) is 24.4 Å². The lowest BCUT2D eigenvalue weighted by Crippen LogP contribution is -2.32. The zero-order valence-electron chi connectivity index (χ0n) is 20.9. The van der Waals surface area contributed by atoms with Crippen molar-refractivity contribution in [3.63, 3.8) is 0 Å². The molecule has 0 saturated carbocycles. The number of rotatable bonds is 7. The average molecular weight is 566 g/mol. The first-order chi connectivity index (χ1) is 18.3. The van der Waals surface area contributed by atoms with Crippen LogP contribution in [0.2, 0.25) is 10.0 Å². The fourth-order valence-corrected chi connectivity index (χ4v) is 5.44. The summed E-state index contributed by atoms with van der Waals surface area (Å²) in [4.78, 5) is 19.5. The van der Waals surface area contributed by atoms with Gasteiger partial charge in [-0.2, -0.15) is 0 Å². The SMILES string of the molecule is Cc1ccc(C)c(NC(=O)CCN2C(=S)N[C@@H](c3ccccn3)[C@@H]2c2ccc(-c3ccc(Cl)cc3Cl)o2)c1. The van der Waals surface area contributed by atoms with Gasteiger partial charge in [-0.3, -0.25) is 9.78 Å². The van der Waals surface area contributed by atoms with Gasteiger partial charge in [-0.1, -0.05) is 41.4 Å². The van der Waals surface area contributed by atoms with E-state index in [1.54, 1.807) is 18.3 Å². The Morgan fingerprint density at radius 2 is 1.95 bits per heavy atom. The molecule has 2 aromatic carbocycles. The van der Waals surface area contributed by atoms with E-state index in [1.165, 1.54) is 0 Å². The van der Waals surface area contributed by atoms with E-state index in [9.17, 15) is 4.79 Å². The minimum atomic E-state index is -0.314. The monoisotopic (exact) mass is 564 g/mol. The number of carbonyl (C=O) groups is 1. The number of aromatic nitrogens is 1. The van der Waals surface area contributed by atoms with Gasteiger partial charge in [0.1, 0.15) is 17.6 Å². The Balaban J connectivity index is 1.41. The Hall–Kier alpha value is -3.39. The zero-order valence-corrected chi connectivity index (χ0v) is 23.2. The molecule has 194 valence electrons. The van der Waals surface area contributed by atoms with Gasteiger partial charge < -0.3 is 20.0 Å². The lowest BCUT2D eigenvalue weighted by molar-refractivity contribution is -0.116. The standard InChI is InChI=1S/C29H26Cl2N4O2S/c1-17-6-7-18(2)23(15-17)33-26(36)12-14-35-28(27(34-29(35)38)22-5-3-4-13-32-22)25-11-10-24(37-25)20-9-8-19(30)16-21(20)31/h3-11,13,15-16,27-28H,12,14H2,1-2H3,(H,33,36)(H,34,38)/t27-,28-/m0/s1. The molecule has 0 bridgehead atoms. The van der Waals surface area contributed by atoms with Crippen LogP contribution in [0.15, 0.2) is 77.3 Å². The summed E-state index contributed by atoms with van der Waals surface area (Å²) in [7, 11) is 0. The smallest absolute Gasteiger partial charge is 0.226 e. The summed E-state index contributed by atoms with van der Waals surface area (Å²) in [5, 5.41) is 8.01. The summed E-state index contributed by atoms with van der Waals surface area (Å²) in [6.45, 7) is 4.37. The number of hydrogen-bond donors (Lipinski definition) is 2. The van der Waals surface area contributed by atoms with Crippen LogP contribution in [0.3, 0.4) is 0 Å². The van der Waals surface area contributed by atoms with Crippen LogP contribution in [0.1, 0.15) is 41.1 Å². The van der Waals surface area contributed by atoms with Gasteiger partial charge in [0.2, 0.25) is 5.91 Å². The lowest BCUT2D eigenvalue weighted by Gasteiger charge is -2.26. The van der Waals surface area contributed by atoms with Crippen LogP contribution in [-0.2, 0) is 4.79 Å². The van der Waals surface area contributed by atoms with E-state index in [2.05, 4.69) is 15.6 Å². The molecular weight excluding hydrogens is 539 g/mol. The molecular formula is C29H26Cl2N4O2S. The van der Waals surface area contributed by atoms with Crippen molar-refractivity contribution in [2.45, 2.75) is 32.4 Å². The van der Waals surface area contributed by atoms with Crippen LogP contribution >= 0.6 is 35.4 Å². The molecule has 9 heteroatoms. The molecule has 1 saturated heterocycles. The molecule has 0 unspecified atom stereocenters. The summed E-state index contributed by atoms with van der Waals surface area (Å²) in [5.74, 6) is 1.21. The van der Waals surface area contributed by atoms with Crippen molar-refractivity contribution in [1.29, 1.82) is 0 Å². The van der Waals surface area contributed by atoms with E-state index >= 15 is 0 Å². The lowest BCUT2D eigenvalue weighted by atomic mass is 10.0. The summed E-state index contributed by atoms with van der Waals surface area (Å²) in [6, 6.07) is 20.3. The van der Waals surface area contributed by atoms with Gasteiger partial charge in [0.25, 0.3) is 0 Å². The maximum atomic E-state index is 12.9. The highest BCUT2D eigenvalue weighted by atomic mass is 35.5. The molecule has 38 heavy (non-hydrogen) atoms. The molecule has 2 aromatic heterocycles. The fraction of sp³-hybridized carbons (Fsp3) is 0.207. The van der Waals surface area contributed by atoms with Gasteiger partial charge in [0.15, 0.2) is 5.11 Å². The minimum Gasteiger partial charge on any atom is -0.459 e. The molecule has 0 spiro atoms. The maximum Gasteiger partial charge on any atom is 0.226 e. The maximum absolute atomic E-state index is 12.9. The van der Waals surface area contributed by atoms with Crippen molar-refractivity contribution < 1.29 is 9.21 Å². The number of hydrogen-bond acceptors (Lipinski definition) is 4. The van der Waals surface area contributed by atoms with Crippen LogP contribution < -0.4 is 10.6 Å². The van der Waals surface area contributed by atoms with E-state index in [0.717, 1.165) is 28.1 Å². The number of halogens is 2. The van der Waals surface area contributed by atoms with Gasteiger partial charge in [-0.05, 0) is 85.7 Å². The zero-order chi connectivity index (χ0) is 26.8. The third-order valence-corrected chi connectivity index (χ3v) is 7.46. The summed E-state index contributed by atoms with van der Waals surface area (Å²) >= 11 is 18.2. The Labute approximate surface area is 237 Å². The van der Waals surface area contributed by atoms with Crippen molar-refractivity contribution in [3.05, 3.63) is 106 Å². The highest BCUT2D eigenvalue weighted by Crippen LogP contribution is 2.41.